The van der Waals surface area contributed by atoms with Crippen LogP contribution in [0.3, 0.4) is 0 Å². The molecule has 3 aromatic rings. The second-order valence-electron chi connectivity index (χ2n) is 8.67. The predicted octanol–water partition coefficient (Wildman–Crippen LogP) is 3.78. The molecule has 1 aliphatic rings. The number of para-hydroxylation sites is 1. The molecule has 164 valence electrons. The number of hydrogen-bond donors (Lipinski definition) is 3. The van der Waals surface area contributed by atoms with Gasteiger partial charge in [0, 0.05) is 44.0 Å². The van der Waals surface area contributed by atoms with E-state index in [1.54, 1.807) is 0 Å². The summed E-state index contributed by atoms with van der Waals surface area (Å²) in [7, 11) is 4.04. The minimum absolute atomic E-state index is 0.146. The third-order valence-electron chi connectivity index (χ3n) is 6.21. The maximum absolute atomic E-state index is 9.78. The molecule has 3 N–H and O–H groups in total. The molecule has 1 fully saturated rings. The summed E-state index contributed by atoms with van der Waals surface area (Å²) in [6, 6.07) is 19.3. The molecule has 1 unspecified atom stereocenters. The molecular formula is C25H33N5O. The van der Waals surface area contributed by atoms with E-state index in [1.165, 1.54) is 5.56 Å². The maximum Gasteiger partial charge on any atom is 0.225 e. The Balaban J connectivity index is 1.32. The lowest BCUT2D eigenvalue weighted by Gasteiger charge is -2.31. The second kappa shape index (κ2) is 10.1. The molecule has 1 aromatic heterocycles. The summed E-state index contributed by atoms with van der Waals surface area (Å²) in [6.45, 7) is 0.977. The Morgan fingerprint density at radius 2 is 1.61 bits per heavy atom. The highest BCUT2D eigenvalue weighted by molar-refractivity contribution is 5.90. The largest absolute Gasteiger partial charge is 0.396 e. The van der Waals surface area contributed by atoms with Crippen molar-refractivity contribution < 1.29 is 5.11 Å². The molecule has 1 aliphatic carbocycles. The van der Waals surface area contributed by atoms with Gasteiger partial charge in [0.05, 0.1) is 12.1 Å². The van der Waals surface area contributed by atoms with Crippen LogP contribution in [-0.2, 0) is 0 Å². The number of rotatable bonds is 8. The number of benzene rings is 2. The van der Waals surface area contributed by atoms with Crippen LogP contribution in [0.5, 0.6) is 0 Å². The van der Waals surface area contributed by atoms with Gasteiger partial charge in [-0.25, -0.2) is 4.98 Å². The topological polar surface area (TPSA) is 73.3 Å². The van der Waals surface area contributed by atoms with Crippen LogP contribution in [0.4, 0.5) is 11.8 Å². The molecular weight excluding hydrogens is 386 g/mol. The van der Waals surface area contributed by atoms with Crippen LogP contribution in [0, 0.1) is 0 Å². The van der Waals surface area contributed by atoms with Crippen LogP contribution in [0.15, 0.2) is 54.6 Å². The first-order valence-electron chi connectivity index (χ1n) is 11.2. The highest BCUT2D eigenvalue weighted by Crippen LogP contribution is 2.26. The Kier molecular flexibility index (Phi) is 6.99. The summed E-state index contributed by atoms with van der Waals surface area (Å²) in [5, 5.41) is 18.1. The van der Waals surface area contributed by atoms with Crippen molar-refractivity contribution in [1.82, 2.24) is 15.3 Å². The van der Waals surface area contributed by atoms with Gasteiger partial charge in [-0.3, -0.25) is 0 Å². The molecule has 0 aliphatic heterocycles. The first kappa shape index (κ1) is 21.5. The predicted molar refractivity (Wildman–Crippen MR) is 128 cm³/mol. The van der Waals surface area contributed by atoms with E-state index >= 15 is 0 Å². The van der Waals surface area contributed by atoms with E-state index < -0.39 is 0 Å². The molecule has 0 amide bonds. The Labute approximate surface area is 184 Å². The van der Waals surface area contributed by atoms with E-state index in [2.05, 4.69) is 28.8 Å². The van der Waals surface area contributed by atoms with Crippen molar-refractivity contribution in [3.8, 4) is 0 Å². The van der Waals surface area contributed by atoms with Crippen molar-refractivity contribution in [2.24, 2.45) is 0 Å². The van der Waals surface area contributed by atoms with E-state index in [4.69, 9.17) is 9.97 Å². The van der Waals surface area contributed by atoms with Crippen molar-refractivity contribution in [3.05, 3.63) is 60.2 Å². The Hall–Kier alpha value is -2.70. The van der Waals surface area contributed by atoms with Crippen LogP contribution in [-0.4, -0.2) is 54.4 Å². The van der Waals surface area contributed by atoms with Crippen LogP contribution in [0.1, 0.15) is 37.2 Å². The smallest absolute Gasteiger partial charge is 0.225 e. The minimum Gasteiger partial charge on any atom is -0.396 e. The summed E-state index contributed by atoms with van der Waals surface area (Å²) < 4.78 is 0. The maximum atomic E-state index is 9.78. The fourth-order valence-electron chi connectivity index (χ4n) is 4.41. The SMILES string of the molecule is CN(C)c1nc(NC2CCC(NCC(CO)c3ccccc3)CC2)nc2ccccc12. The number of aliphatic hydroxyl groups is 1. The number of nitrogens with one attached hydrogen (secondary N) is 2. The molecule has 1 saturated carbocycles. The number of fused-ring (bicyclic) bond motifs is 1. The summed E-state index contributed by atoms with van der Waals surface area (Å²) in [5.41, 5.74) is 2.16. The van der Waals surface area contributed by atoms with Crippen molar-refractivity contribution in [2.75, 3.05) is 37.5 Å². The van der Waals surface area contributed by atoms with Gasteiger partial charge in [0.15, 0.2) is 0 Å². The van der Waals surface area contributed by atoms with Gasteiger partial charge in [-0.1, -0.05) is 42.5 Å². The Morgan fingerprint density at radius 3 is 2.32 bits per heavy atom. The van der Waals surface area contributed by atoms with Crippen LogP contribution in [0.25, 0.3) is 10.9 Å². The molecule has 0 bridgehead atoms. The van der Waals surface area contributed by atoms with E-state index in [1.807, 2.05) is 55.4 Å². The molecule has 1 atom stereocenters. The second-order valence-corrected chi connectivity index (χ2v) is 8.67. The molecule has 1 heterocycles. The summed E-state index contributed by atoms with van der Waals surface area (Å²) in [5.74, 6) is 1.80. The first-order valence-corrected chi connectivity index (χ1v) is 11.2. The number of aliphatic hydroxyl groups excluding tert-OH is 1. The van der Waals surface area contributed by atoms with Gasteiger partial charge in [-0.2, -0.15) is 4.98 Å². The van der Waals surface area contributed by atoms with Crippen molar-refractivity contribution in [2.45, 2.75) is 43.7 Å². The Bertz CT molecular complexity index is 970. The molecule has 4 rings (SSSR count). The standard InChI is InChI=1S/C25H33N5O/c1-30(2)24-22-10-6-7-11-23(22)28-25(29-24)27-21-14-12-20(13-15-21)26-16-19(17-31)18-8-4-3-5-9-18/h3-11,19-21,26,31H,12-17H2,1-2H3,(H,27,28,29). The molecule has 6 heteroatoms. The number of nitrogens with zero attached hydrogens (tertiary/aromatic N) is 3. The number of hydrogen-bond acceptors (Lipinski definition) is 6. The zero-order chi connectivity index (χ0) is 21.6. The van der Waals surface area contributed by atoms with Crippen LogP contribution >= 0.6 is 0 Å². The van der Waals surface area contributed by atoms with Crippen LogP contribution < -0.4 is 15.5 Å². The molecule has 6 nitrogen and oxygen atoms in total. The van der Waals surface area contributed by atoms with Gasteiger partial charge in [0.2, 0.25) is 5.95 Å². The normalized spacial score (nSPS) is 19.8. The van der Waals surface area contributed by atoms with Gasteiger partial charge in [-0.15, -0.1) is 0 Å². The average molecular weight is 420 g/mol. The van der Waals surface area contributed by atoms with Gasteiger partial charge in [0.25, 0.3) is 0 Å². The quantitative estimate of drug-likeness (QED) is 0.516. The number of anilines is 2. The van der Waals surface area contributed by atoms with Gasteiger partial charge < -0.3 is 20.6 Å². The first-order chi connectivity index (χ1) is 15.1. The fourth-order valence-corrected chi connectivity index (χ4v) is 4.41. The van der Waals surface area contributed by atoms with Gasteiger partial charge in [-0.05, 0) is 43.4 Å². The van der Waals surface area contributed by atoms with E-state index in [0.717, 1.165) is 48.9 Å². The lowest BCUT2D eigenvalue weighted by atomic mass is 9.90. The average Bonchev–Trinajstić information content (AvgIpc) is 2.80. The molecule has 0 saturated heterocycles. The third-order valence-corrected chi connectivity index (χ3v) is 6.21. The highest BCUT2D eigenvalue weighted by atomic mass is 16.3. The zero-order valence-corrected chi connectivity index (χ0v) is 18.5. The molecule has 31 heavy (non-hydrogen) atoms. The van der Waals surface area contributed by atoms with Crippen LogP contribution in [0.2, 0.25) is 0 Å². The van der Waals surface area contributed by atoms with E-state index in [0.29, 0.717) is 18.0 Å². The minimum atomic E-state index is 0.146. The number of aromatic nitrogens is 2. The van der Waals surface area contributed by atoms with Gasteiger partial charge in [0.1, 0.15) is 5.82 Å². The molecule has 0 radical (unpaired) electrons. The van der Waals surface area contributed by atoms with Gasteiger partial charge >= 0.3 is 0 Å². The summed E-state index contributed by atoms with van der Waals surface area (Å²) in [4.78, 5) is 11.6. The summed E-state index contributed by atoms with van der Waals surface area (Å²) >= 11 is 0. The van der Waals surface area contributed by atoms with Crippen molar-refractivity contribution in [3.63, 3.8) is 0 Å². The fraction of sp³-hybridized carbons (Fsp3) is 0.440. The van der Waals surface area contributed by atoms with E-state index in [9.17, 15) is 5.11 Å². The van der Waals surface area contributed by atoms with E-state index in [-0.39, 0.29) is 12.5 Å². The van der Waals surface area contributed by atoms with Crippen molar-refractivity contribution in [1.29, 1.82) is 0 Å². The highest BCUT2D eigenvalue weighted by Gasteiger charge is 2.23. The zero-order valence-electron chi connectivity index (χ0n) is 18.5. The molecule has 0 spiro atoms. The van der Waals surface area contributed by atoms with Crippen molar-refractivity contribution >= 4 is 22.7 Å². The monoisotopic (exact) mass is 419 g/mol. The summed E-state index contributed by atoms with van der Waals surface area (Å²) in [6.07, 6.45) is 4.39. The lowest BCUT2D eigenvalue weighted by Crippen LogP contribution is -2.39. The molecule has 2 aromatic carbocycles. The Morgan fingerprint density at radius 1 is 0.935 bits per heavy atom. The third kappa shape index (κ3) is 5.32. The lowest BCUT2D eigenvalue weighted by molar-refractivity contribution is 0.251.